The van der Waals surface area contributed by atoms with E-state index in [-0.39, 0.29) is 0 Å². The predicted octanol–water partition coefficient (Wildman–Crippen LogP) is 2.12. The van der Waals surface area contributed by atoms with Crippen LogP contribution in [0.1, 0.15) is 40.0 Å². The average molecular weight is 242 g/mol. The van der Waals surface area contributed by atoms with E-state index in [1.54, 1.807) is 0 Å². The topological polar surface area (TPSA) is 24.5 Å². The van der Waals surface area contributed by atoms with Gasteiger partial charge in [0.15, 0.2) is 0 Å². The Morgan fingerprint density at radius 1 is 1.29 bits per heavy atom. The Balaban J connectivity index is 1.94. The molecule has 1 fully saturated rings. The number of rotatable bonds is 7. The van der Waals surface area contributed by atoms with Crippen molar-refractivity contribution in [3.05, 3.63) is 0 Å². The van der Waals surface area contributed by atoms with Crippen molar-refractivity contribution >= 4 is 0 Å². The molecular weight excluding hydrogens is 212 g/mol. The summed E-state index contributed by atoms with van der Waals surface area (Å²) in [7, 11) is 2.19. The fourth-order valence-corrected chi connectivity index (χ4v) is 2.09. The van der Waals surface area contributed by atoms with Gasteiger partial charge in [-0.2, -0.15) is 0 Å². The zero-order valence-electron chi connectivity index (χ0n) is 12.1. The highest BCUT2D eigenvalue weighted by Crippen LogP contribution is 2.16. The van der Waals surface area contributed by atoms with Crippen LogP contribution in [-0.2, 0) is 4.74 Å². The molecule has 3 nitrogen and oxygen atoms in total. The van der Waals surface area contributed by atoms with E-state index in [0.717, 1.165) is 32.8 Å². The second kappa shape index (κ2) is 7.34. The predicted molar refractivity (Wildman–Crippen MR) is 73.4 cm³/mol. The zero-order chi connectivity index (χ0) is 12.7. The van der Waals surface area contributed by atoms with Crippen LogP contribution in [0.15, 0.2) is 0 Å². The summed E-state index contributed by atoms with van der Waals surface area (Å²) in [6, 6.07) is 0. The maximum atomic E-state index is 5.63. The molecule has 0 spiro atoms. The molecule has 1 unspecified atom stereocenters. The molecule has 0 amide bonds. The molecule has 3 heteroatoms. The fraction of sp³-hybridized carbons (Fsp3) is 1.00. The van der Waals surface area contributed by atoms with Gasteiger partial charge >= 0.3 is 0 Å². The molecule has 0 aromatic carbocycles. The molecule has 1 rings (SSSR count). The quantitative estimate of drug-likeness (QED) is 0.692. The molecule has 0 bridgehead atoms. The molecule has 1 N–H and O–H groups in total. The number of ether oxygens (including phenoxy) is 1. The highest BCUT2D eigenvalue weighted by molar-refractivity contribution is 4.69. The summed E-state index contributed by atoms with van der Waals surface area (Å²) in [4.78, 5) is 2.38. The van der Waals surface area contributed by atoms with Crippen molar-refractivity contribution in [2.45, 2.75) is 46.1 Å². The van der Waals surface area contributed by atoms with Gasteiger partial charge in [-0.3, -0.25) is 0 Å². The standard InChI is InChI=1S/C14H30N2O/c1-14(2,3)7-8-15-9-10-16(4)12-13-6-5-11-17-13/h13,15H,5-12H2,1-4H3. The van der Waals surface area contributed by atoms with Crippen molar-refractivity contribution in [3.63, 3.8) is 0 Å². The van der Waals surface area contributed by atoms with E-state index in [1.807, 2.05) is 0 Å². The van der Waals surface area contributed by atoms with Gasteiger partial charge < -0.3 is 15.0 Å². The Morgan fingerprint density at radius 2 is 2.06 bits per heavy atom. The van der Waals surface area contributed by atoms with Crippen LogP contribution in [0, 0.1) is 5.41 Å². The molecule has 1 heterocycles. The van der Waals surface area contributed by atoms with Crippen LogP contribution >= 0.6 is 0 Å². The smallest absolute Gasteiger partial charge is 0.0702 e. The minimum atomic E-state index is 0.441. The van der Waals surface area contributed by atoms with Gasteiger partial charge in [-0.05, 0) is 38.3 Å². The van der Waals surface area contributed by atoms with Crippen LogP contribution in [0.3, 0.4) is 0 Å². The van der Waals surface area contributed by atoms with Crippen molar-refractivity contribution in [3.8, 4) is 0 Å². The number of nitrogens with zero attached hydrogens (tertiary/aromatic N) is 1. The maximum Gasteiger partial charge on any atom is 0.0702 e. The third-order valence-corrected chi connectivity index (χ3v) is 3.26. The van der Waals surface area contributed by atoms with Crippen molar-refractivity contribution in [1.29, 1.82) is 0 Å². The van der Waals surface area contributed by atoms with Crippen LogP contribution in [0.4, 0.5) is 0 Å². The minimum absolute atomic E-state index is 0.441. The van der Waals surface area contributed by atoms with Gasteiger partial charge in [0.2, 0.25) is 0 Å². The lowest BCUT2D eigenvalue weighted by Crippen LogP contribution is -2.35. The summed E-state index contributed by atoms with van der Waals surface area (Å²) >= 11 is 0. The lowest BCUT2D eigenvalue weighted by Gasteiger charge is -2.21. The van der Waals surface area contributed by atoms with Crippen LogP contribution in [0.25, 0.3) is 0 Å². The first-order valence-electron chi connectivity index (χ1n) is 6.98. The lowest BCUT2D eigenvalue weighted by atomic mass is 9.92. The molecule has 1 aliphatic rings. The number of nitrogens with one attached hydrogen (secondary N) is 1. The molecule has 0 saturated carbocycles. The van der Waals surface area contributed by atoms with Gasteiger partial charge in [0, 0.05) is 26.2 Å². The third-order valence-electron chi connectivity index (χ3n) is 3.26. The fourth-order valence-electron chi connectivity index (χ4n) is 2.09. The molecule has 0 aromatic heterocycles. The van der Waals surface area contributed by atoms with Crippen LogP contribution in [0.2, 0.25) is 0 Å². The molecule has 102 valence electrons. The van der Waals surface area contributed by atoms with E-state index in [9.17, 15) is 0 Å². The summed E-state index contributed by atoms with van der Waals surface area (Å²) in [6.07, 6.45) is 4.20. The van der Waals surface area contributed by atoms with E-state index < -0.39 is 0 Å². The van der Waals surface area contributed by atoms with Gasteiger partial charge in [-0.1, -0.05) is 20.8 Å². The first kappa shape index (κ1) is 14.9. The van der Waals surface area contributed by atoms with Gasteiger partial charge in [0.25, 0.3) is 0 Å². The van der Waals surface area contributed by atoms with E-state index in [4.69, 9.17) is 4.74 Å². The second-order valence-corrected chi connectivity index (χ2v) is 6.46. The molecule has 17 heavy (non-hydrogen) atoms. The van der Waals surface area contributed by atoms with E-state index >= 15 is 0 Å². The maximum absolute atomic E-state index is 5.63. The summed E-state index contributed by atoms with van der Waals surface area (Å²) in [5.74, 6) is 0. The molecular formula is C14H30N2O. The minimum Gasteiger partial charge on any atom is -0.377 e. The Labute approximate surface area is 107 Å². The summed E-state index contributed by atoms with van der Waals surface area (Å²) in [5.41, 5.74) is 0.441. The second-order valence-electron chi connectivity index (χ2n) is 6.46. The Morgan fingerprint density at radius 3 is 2.65 bits per heavy atom. The summed E-state index contributed by atoms with van der Waals surface area (Å²) < 4.78 is 5.63. The lowest BCUT2D eigenvalue weighted by molar-refractivity contribution is 0.0815. The Kier molecular flexibility index (Phi) is 6.45. The van der Waals surface area contributed by atoms with Gasteiger partial charge in [0.05, 0.1) is 6.10 Å². The summed E-state index contributed by atoms with van der Waals surface area (Å²) in [6.45, 7) is 12.2. The van der Waals surface area contributed by atoms with Crippen LogP contribution in [0.5, 0.6) is 0 Å². The molecule has 1 atom stereocenters. The zero-order valence-corrected chi connectivity index (χ0v) is 12.1. The molecule has 0 radical (unpaired) electrons. The number of hydrogen-bond acceptors (Lipinski definition) is 3. The SMILES string of the molecule is CN(CCNCCC(C)(C)C)CC1CCCO1. The molecule has 1 aliphatic heterocycles. The third kappa shape index (κ3) is 7.74. The molecule has 0 aromatic rings. The van der Waals surface area contributed by atoms with Crippen molar-refractivity contribution in [2.75, 3.05) is 39.8 Å². The highest BCUT2D eigenvalue weighted by Gasteiger charge is 2.16. The van der Waals surface area contributed by atoms with E-state index in [2.05, 4.69) is 38.0 Å². The van der Waals surface area contributed by atoms with E-state index in [1.165, 1.54) is 19.3 Å². The molecule has 0 aliphatic carbocycles. The normalized spacial score (nSPS) is 21.4. The van der Waals surface area contributed by atoms with Gasteiger partial charge in [0.1, 0.15) is 0 Å². The average Bonchev–Trinajstić information content (AvgIpc) is 2.68. The van der Waals surface area contributed by atoms with Crippen LogP contribution < -0.4 is 5.32 Å². The first-order chi connectivity index (χ1) is 7.97. The van der Waals surface area contributed by atoms with Crippen molar-refractivity contribution in [2.24, 2.45) is 5.41 Å². The Hall–Kier alpha value is -0.120. The highest BCUT2D eigenvalue weighted by atomic mass is 16.5. The van der Waals surface area contributed by atoms with Crippen LogP contribution in [-0.4, -0.2) is 50.8 Å². The van der Waals surface area contributed by atoms with Gasteiger partial charge in [-0.25, -0.2) is 0 Å². The summed E-state index contributed by atoms with van der Waals surface area (Å²) in [5, 5.41) is 3.52. The number of hydrogen-bond donors (Lipinski definition) is 1. The van der Waals surface area contributed by atoms with Crippen molar-refractivity contribution < 1.29 is 4.74 Å². The molecule has 1 saturated heterocycles. The largest absolute Gasteiger partial charge is 0.377 e. The Bertz CT molecular complexity index is 195. The van der Waals surface area contributed by atoms with E-state index in [0.29, 0.717) is 11.5 Å². The van der Waals surface area contributed by atoms with Gasteiger partial charge in [-0.15, -0.1) is 0 Å². The first-order valence-corrected chi connectivity index (χ1v) is 6.98. The van der Waals surface area contributed by atoms with Crippen molar-refractivity contribution in [1.82, 2.24) is 10.2 Å². The monoisotopic (exact) mass is 242 g/mol. The number of likely N-dealkylation sites (N-methyl/N-ethyl adjacent to an activating group) is 1.